The SMILES string of the molecule is CC(C)(C)CN(CC(=O)Nc1ccc(-c2csc(N)n2)cc1)C(=O)OC(C)(C)C. The second-order valence-corrected chi connectivity index (χ2v) is 9.98. The van der Waals surface area contributed by atoms with Crippen LogP contribution < -0.4 is 11.1 Å². The first-order valence-corrected chi connectivity index (χ1v) is 10.3. The van der Waals surface area contributed by atoms with Crippen molar-refractivity contribution in [2.24, 2.45) is 5.41 Å². The summed E-state index contributed by atoms with van der Waals surface area (Å²) in [5.41, 5.74) is 7.23. The minimum absolute atomic E-state index is 0.0868. The van der Waals surface area contributed by atoms with Crippen LogP contribution in [0.2, 0.25) is 0 Å². The van der Waals surface area contributed by atoms with Crippen LogP contribution in [0.3, 0.4) is 0 Å². The predicted molar refractivity (Wildman–Crippen MR) is 118 cm³/mol. The van der Waals surface area contributed by atoms with E-state index in [1.54, 1.807) is 32.9 Å². The number of ether oxygens (including phenoxy) is 1. The zero-order chi connectivity index (χ0) is 21.8. The zero-order valence-electron chi connectivity index (χ0n) is 17.9. The molecule has 2 aromatic rings. The van der Waals surface area contributed by atoms with E-state index in [4.69, 9.17) is 10.5 Å². The quantitative estimate of drug-likeness (QED) is 0.739. The number of hydrogen-bond donors (Lipinski definition) is 2. The number of rotatable bonds is 5. The molecule has 7 nitrogen and oxygen atoms in total. The molecule has 0 bridgehead atoms. The van der Waals surface area contributed by atoms with Crippen molar-refractivity contribution in [1.29, 1.82) is 0 Å². The lowest BCUT2D eigenvalue weighted by molar-refractivity contribution is -0.117. The molecule has 0 aliphatic rings. The monoisotopic (exact) mass is 418 g/mol. The molecule has 0 saturated heterocycles. The summed E-state index contributed by atoms with van der Waals surface area (Å²) in [4.78, 5) is 30.8. The molecule has 8 heteroatoms. The maximum atomic E-state index is 12.5. The van der Waals surface area contributed by atoms with Crippen LogP contribution in [0.15, 0.2) is 29.6 Å². The number of nitrogens with two attached hydrogens (primary N) is 1. The Bertz CT molecular complexity index is 848. The largest absolute Gasteiger partial charge is 0.444 e. The Hall–Kier alpha value is -2.61. The number of benzene rings is 1. The van der Waals surface area contributed by atoms with Crippen molar-refractivity contribution in [1.82, 2.24) is 9.88 Å². The average Bonchev–Trinajstić information content (AvgIpc) is 2.98. The van der Waals surface area contributed by atoms with E-state index in [-0.39, 0.29) is 17.9 Å². The zero-order valence-corrected chi connectivity index (χ0v) is 18.7. The fourth-order valence-electron chi connectivity index (χ4n) is 2.60. The highest BCUT2D eigenvalue weighted by Crippen LogP contribution is 2.24. The van der Waals surface area contributed by atoms with Crippen molar-refractivity contribution in [2.45, 2.75) is 47.1 Å². The van der Waals surface area contributed by atoms with E-state index in [0.29, 0.717) is 17.4 Å². The highest BCUT2D eigenvalue weighted by atomic mass is 32.1. The van der Waals surface area contributed by atoms with E-state index in [1.807, 2.05) is 38.3 Å². The van der Waals surface area contributed by atoms with Gasteiger partial charge in [-0.1, -0.05) is 32.9 Å². The number of amides is 2. The Balaban J connectivity index is 2.04. The summed E-state index contributed by atoms with van der Waals surface area (Å²) < 4.78 is 5.45. The van der Waals surface area contributed by atoms with Gasteiger partial charge >= 0.3 is 6.09 Å². The summed E-state index contributed by atoms with van der Waals surface area (Å²) in [5, 5.41) is 5.22. The topological polar surface area (TPSA) is 97.5 Å². The van der Waals surface area contributed by atoms with Gasteiger partial charge in [-0.2, -0.15) is 0 Å². The van der Waals surface area contributed by atoms with Crippen molar-refractivity contribution in [3.05, 3.63) is 29.6 Å². The number of hydrogen-bond acceptors (Lipinski definition) is 6. The van der Waals surface area contributed by atoms with Crippen LogP contribution in [0.25, 0.3) is 11.3 Å². The Morgan fingerprint density at radius 2 is 1.76 bits per heavy atom. The van der Waals surface area contributed by atoms with Gasteiger partial charge in [0.25, 0.3) is 0 Å². The first-order valence-electron chi connectivity index (χ1n) is 9.42. The maximum absolute atomic E-state index is 12.5. The molecule has 0 fully saturated rings. The summed E-state index contributed by atoms with van der Waals surface area (Å²) in [6.07, 6.45) is -0.501. The molecule has 29 heavy (non-hydrogen) atoms. The van der Waals surface area contributed by atoms with Crippen LogP contribution in [-0.2, 0) is 9.53 Å². The average molecular weight is 419 g/mol. The van der Waals surface area contributed by atoms with Crippen LogP contribution in [0.1, 0.15) is 41.5 Å². The summed E-state index contributed by atoms with van der Waals surface area (Å²) in [5.74, 6) is -0.286. The van der Waals surface area contributed by atoms with Gasteiger partial charge in [-0.3, -0.25) is 9.69 Å². The summed E-state index contributed by atoms with van der Waals surface area (Å²) in [6, 6.07) is 7.32. The third kappa shape index (κ3) is 7.73. The molecular weight excluding hydrogens is 388 g/mol. The molecule has 158 valence electrons. The molecule has 1 heterocycles. The van der Waals surface area contributed by atoms with E-state index in [9.17, 15) is 9.59 Å². The smallest absolute Gasteiger partial charge is 0.410 e. The molecule has 1 aromatic carbocycles. The van der Waals surface area contributed by atoms with Gasteiger partial charge in [0.05, 0.1) is 5.69 Å². The van der Waals surface area contributed by atoms with Gasteiger partial charge in [-0.25, -0.2) is 9.78 Å². The lowest BCUT2D eigenvalue weighted by Gasteiger charge is -2.31. The van der Waals surface area contributed by atoms with Gasteiger partial charge < -0.3 is 15.8 Å². The van der Waals surface area contributed by atoms with Crippen molar-refractivity contribution in [3.63, 3.8) is 0 Å². The number of aromatic nitrogens is 1. The van der Waals surface area contributed by atoms with E-state index in [0.717, 1.165) is 11.3 Å². The molecular formula is C21H30N4O3S. The molecule has 0 radical (unpaired) electrons. The second-order valence-electron chi connectivity index (χ2n) is 9.09. The molecule has 3 N–H and O–H groups in total. The van der Waals surface area contributed by atoms with Crippen LogP contribution >= 0.6 is 11.3 Å². The Morgan fingerprint density at radius 1 is 1.14 bits per heavy atom. The number of nitrogens with one attached hydrogen (secondary N) is 1. The third-order valence-corrected chi connectivity index (χ3v) is 4.31. The lowest BCUT2D eigenvalue weighted by Crippen LogP contribution is -2.45. The highest BCUT2D eigenvalue weighted by Gasteiger charge is 2.27. The molecule has 0 spiro atoms. The van der Waals surface area contributed by atoms with Crippen molar-refractivity contribution in [2.75, 3.05) is 24.1 Å². The van der Waals surface area contributed by atoms with Crippen molar-refractivity contribution in [3.8, 4) is 11.3 Å². The molecule has 0 saturated carbocycles. The van der Waals surface area contributed by atoms with Gasteiger partial charge in [-0.15, -0.1) is 11.3 Å². The van der Waals surface area contributed by atoms with Gasteiger partial charge in [0.2, 0.25) is 5.91 Å². The van der Waals surface area contributed by atoms with E-state index >= 15 is 0 Å². The third-order valence-electron chi connectivity index (χ3n) is 3.64. The van der Waals surface area contributed by atoms with Gasteiger partial charge in [-0.05, 0) is 38.3 Å². The fourth-order valence-corrected chi connectivity index (χ4v) is 3.17. The maximum Gasteiger partial charge on any atom is 0.410 e. The van der Waals surface area contributed by atoms with Crippen LogP contribution in [0, 0.1) is 5.41 Å². The fraction of sp³-hybridized carbons (Fsp3) is 0.476. The van der Waals surface area contributed by atoms with E-state index in [1.165, 1.54) is 16.2 Å². The number of carbonyl (C=O) groups is 2. The second kappa shape index (κ2) is 8.82. The summed E-state index contributed by atoms with van der Waals surface area (Å²) >= 11 is 1.38. The summed E-state index contributed by atoms with van der Waals surface area (Å²) in [6.45, 7) is 11.7. The van der Waals surface area contributed by atoms with Crippen LogP contribution in [-0.4, -0.2) is 40.6 Å². The molecule has 2 amide bonds. The Labute approximate surface area is 176 Å². The normalized spacial score (nSPS) is 11.8. The van der Waals surface area contributed by atoms with Crippen LogP contribution in [0.5, 0.6) is 0 Å². The standard InChI is InChI=1S/C21H30N4O3S/c1-20(2,3)13-25(19(27)28-21(4,5)6)11-17(26)23-15-9-7-14(8-10-15)16-12-29-18(22)24-16/h7-10,12H,11,13H2,1-6H3,(H2,22,24)(H,23,26). The minimum atomic E-state index is -0.626. The van der Waals surface area contributed by atoms with Crippen molar-refractivity contribution >= 4 is 34.2 Å². The predicted octanol–water partition coefficient (Wildman–Crippen LogP) is 4.61. The highest BCUT2D eigenvalue weighted by molar-refractivity contribution is 7.13. The number of nitrogen functional groups attached to an aromatic ring is 1. The van der Waals surface area contributed by atoms with E-state index in [2.05, 4.69) is 10.3 Å². The Morgan fingerprint density at radius 3 is 2.24 bits per heavy atom. The molecule has 0 aliphatic heterocycles. The Kier molecular flexibility index (Phi) is 6.89. The number of anilines is 2. The molecule has 0 atom stereocenters. The van der Waals surface area contributed by atoms with E-state index < -0.39 is 11.7 Å². The van der Waals surface area contributed by atoms with Crippen molar-refractivity contribution < 1.29 is 14.3 Å². The van der Waals surface area contributed by atoms with Crippen LogP contribution in [0.4, 0.5) is 15.6 Å². The molecule has 0 unspecified atom stereocenters. The first kappa shape index (κ1) is 22.7. The minimum Gasteiger partial charge on any atom is -0.444 e. The summed E-state index contributed by atoms with van der Waals surface area (Å²) in [7, 11) is 0. The lowest BCUT2D eigenvalue weighted by atomic mass is 9.96. The number of thiazole rings is 1. The molecule has 2 rings (SSSR count). The first-order chi connectivity index (χ1) is 13.3. The van der Waals surface area contributed by atoms with Gasteiger partial charge in [0, 0.05) is 23.2 Å². The number of nitrogens with zero attached hydrogens (tertiary/aromatic N) is 2. The molecule has 0 aliphatic carbocycles. The molecule has 1 aromatic heterocycles. The van der Waals surface area contributed by atoms with Gasteiger partial charge in [0.1, 0.15) is 12.1 Å². The van der Waals surface area contributed by atoms with Gasteiger partial charge in [0.15, 0.2) is 5.13 Å². The number of carbonyl (C=O) groups excluding carboxylic acids is 2.